The molecule has 0 radical (unpaired) electrons. The quantitative estimate of drug-likeness (QED) is 0.673. The van der Waals surface area contributed by atoms with Crippen LogP contribution in [0.15, 0.2) is 12.3 Å². The summed E-state index contributed by atoms with van der Waals surface area (Å²) >= 11 is 0. The molecular weight excluding hydrogens is 284 g/mol. The molecule has 0 saturated carbocycles. The van der Waals surface area contributed by atoms with E-state index in [1.807, 2.05) is 0 Å². The van der Waals surface area contributed by atoms with Crippen LogP contribution < -0.4 is 5.32 Å². The number of nitrogens with one attached hydrogen (secondary N) is 1. The number of hydrogen-bond acceptors (Lipinski definition) is 6. The first kappa shape index (κ1) is 15.3. The van der Waals surface area contributed by atoms with Gasteiger partial charge in [0.25, 0.3) is 0 Å². The fraction of sp³-hybridized carbons (Fsp3) is 0.667. The van der Waals surface area contributed by atoms with Crippen LogP contribution in [0.3, 0.4) is 0 Å². The maximum Gasteiger partial charge on any atom is 0.245 e. The van der Waals surface area contributed by atoms with Gasteiger partial charge in [-0.2, -0.15) is 0 Å². The van der Waals surface area contributed by atoms with Crippen LogP contribution in [0.1, 0.15) is 50.4 Å². The Morgan fingerprint density at radius 1 is 1.41 bits per heavy atom. The Morgan fingerprint density at radius 2 is 2.18 bits per heavy atom. The molecule has 2 saturated heterocycles. The molecule has 2 fully saturated rings. The first-order valence-electron chi connectivity index (χ1n) is 7.70. The van der Waals surface area contributed by atoms with Crippen molar-refractivity contribution < 1.29 is 15.0 Å². The molecule has 2 aliphatic rings. The van der Waals surface area contributed by atoms with Gasteiger partial charge in [0.1, 0.15) is 11.6 Å². The van der Waals surface area contributed by atoms with Gasteiger partial charge in [0.05, 0.1) is 17.8 Å². The highest BCUT2D eigenvalue weighted by atomic mass is 16.3. The van der Waals surface area contributed by atoms with Crippen molar-refractivity contribution in [1.29, 1.82) is 0 Å². The normalized spacial score (nSPS) is 28.5. The van der Waals surface area contributed by atoms with Crippen molar-refractivity contribution in [2.75, 3.05) is 13.1 Å². The molecule has 1 amide bonds. The minimum absolute atomic E-state index is 0.0214. The zero-order chi connectivity index (χ0) is 15.9. The highest BCUT2D eigenvalue weighted by molar-refractivity contribution is 5.93. The van der Waals surface area contributed by atoms with E-state index >= 15 is 0 Å². The summed E-state index contributed by atoms with van der Waals surface area (Å²) in [5.41, 5.74) is 0.120. The summed E-state index contributed by atoms with van der Waals surface area (Å²) in [6.07, 6.45) is 1.85. The van der Waals surface area contributed by atoms with E-state index < -0.39 is 23.8 Å². The van der Waals surface area contributed by atoms with Crippen LogP contribution in [0.4, 0.5) is 0 Å². The predicted octanol–water partition coefficient (Wildman–Crippen LogP) is -0.0838. The average molecular weight is 306 g/mol. The van der Waals surface area contributed by atoms with Gasteiger partial charge in [-0.15, -0.1) is 0 Å². The number of carbonyl (C=O) groups is 1. The lowest BCUT2D eigenvalue weighted by Crippen LogP contribution is -2.72. The maximum atomic E-state index is 12.6. The standard InChI is InChI=1S/C15H22N4O3/c1-9(20)12(11-4-7-16-13(18-11)10(2)21)19-8-15(14(19)22)5-3-6-17-15/h4,7,9-10,12,17,20-21H,3,5-6,8H2,1-2H3. The van der Waals surface area contributed by atoms with Crippen molar-refractivity contribution in [3.63, 3.8) is 0 Å². The molecule has 4 unspecified atom stereocenters. The van der Waals surface area contributed by atoms with Gasteiger partial charge < -0.3 is 20.4 Å². The minimum atomic E-state index is -0.787. The average Bonchev–Trinajstić information content (AvgIpc) is 2.98. The van der Waals surface area contributed by atoms with Crippen molar-refractivity contribution >= 4 is 5.91 Å². The number of aliphatic hydroxyl groups is 2. The topological polar surface area (TPSA) is 98.6 Å². The van der Waals surface area contributed by atoms with Crippen LogP contribution >= 0.6 is 0 Å². The largest absolute Gasteiger partial charge is 0.391 e. The van der Waals surface area contributed by atoms with Crippen molar-refractivity contribution in [2.45, 2.75) is 50.5 Å². The second-order valence-corrected chi connectivity index (χ2v) is 6.25. The summed E-state index contributed by atoms with van der Waals surface area (Å²) in [5.74, 6) is 0.318. The number of hydrogen-bond donors (Lipinski definition) is 3. The molecule has 0 aliphatic carbocycles. The summed E-state index contributed by atoms with van der Waals surface area (Å²) < 4.78 is 0. The molecule has 1 spiro atoms. The van der Waals surface area contributed by atoms with E-state index in [1.54, 1.807) is 31.0 Å². The maximum absolute atomic E-state index is 12.6. The molecule has 120 valence electrons. The summed E-state index contributed by atoms with van der Waals surface area (Å²) in [4.78, 5) is 22.6. The second-order valence-electron chi connectivity index (χ2n) is 6.25. The number of rotatable bonds is 4. The summed E-state index contributed by atoms with van der Waals surface area (Å²) in [6.45, 7) is 4.67. The highest BCUT2D eigenvalue weighted by Gasteiger charge is 2.56. The number of aromatic nitrogens is 2. The molecule has 0 aromatic carbocycles. The Labute approximate surface area is 129 Å². The molecule has 3 N–H and O–H groups in total. The summed E-state index contributed by atoms with van der Waals surface area (Å²) in [6, 6.07) is 1.17. The van der Waals surface area contributed by atoms with Crippen LogP contribution in [-0.4, -0.2) is 55.7 Å². The van der Waals surface area contributed by atoms with Crippen molar-refractivity contribution in [3.05, 3.63) is 23.8 Å². The fourth-order valence-electron chi connectivity index (χ4n) is 3.38. The van der Waals surface area contributed by atoms with Crippen LogP contribution in [0, 0.1) is 0 Å². The number of likely N-dealkylation sites (tertiary alicyclic amines) is 1. The van der Waals surface area contributed by atoms with E-state index in [0.717, 1.165) is 19.4 Å². The minimum Gasteiger partial charge on any atom is -0.391 e. The first-order chi connectivity index (χ1) is 10.4. The van der Waals surface area contributed by atoms with Gasteiger partial charge >= 0.3 is 0 Å². The molecule has 22 heavy (non-hydrogen) atoms. The monoisotopic (exact) mass is 306 g/mol. The fourth-order valence-corrected chi connectivity index (χ4v) is 3.38. The molecule has 2 aliphatic heterocycles. The number of amides is 1. The lowest BCUT2D eigenvalue weighted by Gasteiger charge is -2.50. The van der Waals surface area contributed by atoms with Gasteiger partial charge in [0, 0.05) is 12.7 Å². The molecule has 1 aromatic heterocycles. The van der Waals surface area contributed by atoms with Crippen LogP contribution in [0.5, 0.6) is 0 Å². The number of β-lactam (4-membered cyclic amide) rings is 1. The van der Waals surface area contributed by atoms with Gasteiger partial charge in [0.15, 0.2) is 5.82 Å². The van der Waals surface area contributed by atoms with Crippen molar-refractivity contribution in [2.24, 2.45) is 0 Å². The SMILES string of the molecule is CC(O)c1nccc(C(C(C)O)N2CC3(CCCN3)C2=O)n1. The van der Waals surface area contributed by atoms with E-state index in [4.69, 9.17) is 0 Å². The first-order valence-corrected chi connectivity index (χ1v) is 7.70. The number of aliphatic hydroxyl groups excluding tert-OH is 2. The third-order valence-corrected chi connectivity index (χ3v) is 4.52. The number of nitrogens with zero attached hydrogens (tertiary/aromatic N) is 3. The Morgan fingerprint density at radius 3 is 2.73 bits per heavy atom. The summed E-state index contributed by atoms with van der Waals surface area (Å²) in [7, 11) is 0. The van der Waals surface area contributed by atoms with Gasteiger partial charge in [-0.3, -0.25) is 4.79 Å². The third kappa shape index (κ3) is 2.39. The molecule has 3 heterocycles. The van der Waals surface area contributed by atoms with Crippen LogP contribution in [0.25, 0.3) is 0 Å². The molecule has 0 bridgehead atoms. The Hall–Kier alpha value is -1.57. The van der Waals surface area contributed by atoms with E-state index in [-0.39, 0.29) is 5.91 Å². The molecule has 1 aromatic rings. The van der Waals surface area contributed by atoms with Gasteiger partial charge in [0.2, 0.25) is 5.91 Å². The van der Waals surface area contributed by atoms with Gasteiger partial charge in [-0.25, -0.2) is 9.97 Å². The zero-order valence-electron chi connectivity index (χ0n) is 12.9. The van der Waals surface area contributed by atoms with Crippen LogP contribution in [0.2, 0.25) is 0 Å². The lowest BCUT2D eigenvalue weighted by atomic mass is 9.84. The Balaban J connectivity index is 1.85. The smallest absolute Gasteiger partial charge is 0.245 e. The molecule has 7 heteroatoms. The van der Waals surface area contributed by atoms with Crippen LogP contribution in [-0.2, 0) is 4.79 Å². The third-order valence-electron chi connectivity index (χ3n) is 4.52. The second kappa shape index (κ2) is 5.57. The van der Waals surface area contributed by atoms with Crippen molar-refractivity contribution in [3.8, 4) is 0 Å². The lowest BCUT2D eigenvalue weighted by molar-refractivity contribution is -0.160. The van der Waals surface area contributed by atoms with E-state index in [1.165, 1.54) is 0 Å². The Bertz CT molecular complexity index is 570. The van der Waals surface area contributed by atoms with Gasteiger partial charge in [-0.1, -0.05) is 0 Å². The molecule has 7 nitrogen and oxygen atoms in total. The van der Waals surface area contributed by atoms with E-state index in [9.17, 15) is 15.0 Å². The van der Waals surface area contributed by atoms with Gasteiger partial charge in [-0.05, 0) is 39.3 Å². The highest BCUT2D eigenvalue weighted by Crippen LogP contribution is 2.38. The predicted molar refractivity (Wildman–Crippen MR) is 78.8 cm³/mol. The van der Waals surface area contributed by atoms with E-state index in [0.29, 0.717) is 18.1 Å². The summed E-state index contributed by atoms with van der Waals surface area (Å²) in [5, 5.41) is 23.0. The van der Waals surface area contributed by atoms with Crippen molar-refractivity contribution in [1.82, 2.24) is 20.2 Å². The molecule has 3 rings (SSSR count). The zero-order valence-corrected chi connectivity index (χ0v) is 12.9. The molecule has 4 atom stereocenters. The Kier molecular flexibility index (Phi) is 3.88. The molecular formula is C15H22N4O3. The number of carbonyl (C=O) groups excluding carboxylic acids is 1. The van der Waals surface area contributed by atoms with E-state index in [2.05, 4.69) is 15.3 Å².